The van der Waals surface area contributed by atoms with Crippen molar-refractivity contribution in [3.63, 3.8) is 0 Å². The second kappa shape index (κ2) is 7.67. The number of hydrogen-bond donors (Lipinski definition) is 3. The average molecular weight is 424 g/mol. The molecule has 2 fully saturated rings. The van der Waals surface area contributed by atoms with Crippen LogP contribution in [0.15, 0.2) is 12.1 Å². The van der Waals surface area contributed by atoms with E-state index in [0.717, 1.165) is 23.6 Å². The molecule has 2 aromatic rings. The number of aryl methyl sites for hydroxylation is 1. The Hall–Kier alpha value is -3.02. The summed E-state index contributed by atoms with van der Waals surface area (Å²) < 4.78 is 37.6. The summed E-state index contributed by atoms with van der Waals surface area (Å²) in [6.45, 7) is 2.21. The maximum atomic E-state index is 12.7. The Bertz CT molecular complexity index is 954. The molecule has 2 aromatic heterocycles. The van der Waals surface area contributed by atoms with E-state index in [-0.39, 0.29) is 35.9 Å². The van der Waals surface area contributed by atoms with E-state index >= 15 is 0 Å². The predicted octanol–water partition coefficient (Wildman–Crippen LogP) is 2.44. The highest BCUT2D eigenvalue weighted by molar-refractivity contribution is 6.02. The molecule has 0 spiro atoms. The number of hydrogen-bond acceptors (Lipinski definition) is 6. The zero-order chi connectivity index (χ0) is 21.5. The molecule has 4 rings (SSSR count). The molecule has 2 unspecified atom stereocenters. The number of alkyl halides is 2. The summed E-state index contributed by atoms with van der Waals surface area (Å²) in [5.74, 6) is -0.407. The number of nitrogens with zero attached hydrogens (tertiary/aromatic N) is 3. The fourth-order valence-corrected chi connectivity index (χ4v) is 3.19. The van der Waals surface area contributed by atoms with E-state index in [9.17, 15) is 18.4 Å². The Morgan fingerprint density at radius 2 is 2.17 bits per heavy atom. The summed E-state index contributed by atoms with van der Waals surface area (Å²) in [5.41, 5.74) is -0.0494. The molecule has 2 atom stereocenters. The Morgan fingerprint density at radius 3 is 2.83 bits per heavy atom. The van der Waals surface area contributed by atoms with Crippen molar-refractivity contribution in [2.24, 2.45) is 7.05 Å². The second-order valence-corrected chi connectivity index (χ2v) is 7.81. The molecule has 2 aliphatic rings. The zero-order valence-corrected chi connectivity index (χ0v) is 16.4. The van der Waals surface area contributed by atoms with Gasteiger partial charge < -0.3 is 20.1 Å². The number of halogens is 2. The van der Waals surface area contributed by atoms with Crippen molar-refractivity contribution in [2.45, 2.75) is 50.4 Å². The third kappa shape index (κ3) is 4.42. The molecule has 3 N–H and O–H groups in total. The van der Waals surface area contributed by atoms with E-state index in [0.29, 0.717) is 12.1 Å². The number of carbonyl (C=O) groups excluding carboxylic acids is 2. The number of alkyl carbamates (subject to hydrolysis) is 1. The average Bonchev–Trinajstić information content (AvgIpc) is 3.09. The van der Waals surface area contributed by atoms with Gasteiger partial charge in [0.1, 0.15) is 23.6 Å². The van der Waals surface area contributed by atoms with Crippen LogP contribution in [-0.2, 0) is 16.5 Å². The van der Waals surface area contributed by atoms with Crippen LogP contribution in [0.5, 0.6) is 0 Å². The summed E-state index contributed by atoms with van der Waals surface area (Å²) in [6, 6.07) is 2.61. The number of aromatic nitrogens is 4. The molecule has 10 nitrogen and oxygen atoms in total. The van der Waals surface area contributed by atoms with Crippen LogP contribution in [0.4, 0.5) is 19.4 Å². The van der Waals surface area contributed by atoms with Gasteiger partial charge in [-0.15, -0.1) is 0 Å². The zero-order valence-electron chi connectivity index (χ0n) is 16.4. The lowest BCUT2D eigenvalue weighted by Crippen LogP contribution is -2.37. The van der Waals surface area contributed by atoms with E-state index in [1.165, 1.54) is 7.05 Å². The van der Waals surface area contributed by atoms with Crippen LogP contribution in [0.25, 0.3) is 0 Å². The van der Waals surface area contributed by atoms with Crippen molar-refractivity contribution < 1.29 is 27.8 Å². The first-order chi connectivity index (χ1) is 14.2. The van der Waals surface area contributed by atoms with Crippen molar-refractivity contribution >= 4 is 17.8 Å². The third-order valence-electron chi connectivity index (χ3n) is 5.18. The highest BCUT2D eigenvalue weighted by Crippen LogP contribution is 2.35. The topological polar surface area (TPSA) is 123 Å². The fourth-order valence-electron chi connectivity index (χ4n) is 3.19. The maximum absolute atomic E-state index is 12.7. The molecule has 1 saturated heterocycles. The minimum atomic E-state index is -2.77. The lowest BCUT2D eigenvalue weighted by atomic mass is 10.1. The molecule has 0 aromatic carbocycles. The summed E-state index contributed by atoms with van der Waals surface area (Å²) in [6.07, 6.45) is -1.66. The molecule has 1 saturated carbocycles. The molecule has 3 heterocycles. The normalized spacial score (nSPS) is 22.2. The highest BCUT2D eigenvalue weighted by atomic mass is 19.3. The molecular formula is C18H22F2N6O4. The number of carbonyl (C=O) groups is 2. The Labute approximate surface area is 170 Å². The van der Waals surface area contributed by atoms with Gasteiger partial charge in [0, 0.05) is 25.1 Å². The van der Waals surface area contributed by atoms with Gasteiger partial charge in [0.25, 0.3) is 12.3 Å². The molecule has 1 aliphatic heterocycles. The summed E-state index contributed by atoms with van der Waals surface area (Å²) in [5, 5.41) is 15.8. The maximum Gasteiger partial charge on any atom is 0.407 e. The Balaban J connectivity index is 1.32. The van der Waals surface area contributed by atoms with Crippen LogP contribution in [0.2, 0.25) is 0 Å². The first kappa shape index (κ1) is 20.3. The minimum Gasteiger partial charge on any atom is -0.444 e. The van der Waals surface area contributed by atoms with E-state index < -0.39 is 24.1 Å². The Morgan fingerprint density at radius 1 is 1.40 bits per heavy atom. The van der Waals surface area contributed by atoms with Gasteiger partial charge in [0.15, 0.2) is 5.82 Å². The number of rotatable bonds is 6. The SMILES string of the molecule is Cn1nc(C(F)F)cc1C(=O)Nc1cc(C2CC(OC(=O)NC3(C)CC3)CO2)[nH]n1. The molecule has 0 bridgehead atoms. The summed E-state index contributed by atoms with van der Waals surface area (Å²) >= 11 is 0. The van der Waals surface area contributed by atoms with Crippen molar-refractivity contribution in [3.05, 3.63) is 29.2 Å². The number of anilines is 1. The molecule has 1 aliphatic carbocycles. The van der Waals surface area contributed by atoms with E-state index in [1.54, 1.807) is 6.07 Å². The minimum absolute atomic E-state index is 0.0178. The Kier molecular flexibility index (Phi) is 5.18. The molecule has 12 heteroatoms. The molecule has 30 heavy (non-hydrogen) atoms. The first-order valence-corrected chi connectivity index (χ1v) is 9.51. The fraction of sp³-hybridized carbons (Fsp3) is 0.556. The van der Waals surface area contributed by atoms with Gasteiger partial charge in [-0.3, -0.25) is 14.6 Å². The quantitative estimate of drug-likeness (QED) is 0.655. The predicted molar refractivity (Wildman–Crippen MR) is 99.1 cm³/mol. The summed E-state index contributed by atoms with van der Waals surface area (Å²) in [4.78, 5) is 24.2. The lowest BCUT2D eigenvalue weighted by molar-refractivity contribution is 0.0675. The van der Waals surface area contributed by atoms with E-state index in [2.05, 4.69) is 25.9 Å². The standard InChI is InChI=1S/C18H22F2N6O4/c1-18(3-4-18)22-17(28)30-9-5-13(29-8-9)10-7-14(24-23-10)21-16(27)12-6-11(15(19)20)25-26(12)2/h6-7,9,13,15H,3-5,8H2,1-2H3,(H,22,28)(H2,21,23,24,27). The van der Waals surface area contributed by atoms with Gasteiger partial charge >= 0.3 is 6.09 Å². The van der Waals surface area contributed by atoms with Gasteiger partial charge in [-0.1, -0.05) is 0 Å². The number of aromatic amines is 1. The van der Waals surface area contributed by atoms with Crippen LogP contribution in [0.1, 0.15) is 60.6 Å². The second-order valence-electron chi connectivity index (χ2n) is 7.81. The summed E-state index contributed by atoms with van der Waals surface area (Å²) in [7, 11) is 1.41. The van der Waals surface area contributed by atoms with Crippen molar-refractivity contribution in [1.82, 2.24) is 25.3 Å². The first-order valence-electron chi connectivity index (χ1n) is 9.51. The van der Waals surface area contributed by atoms with Crippen molar-refractivity contribution in [3.8, 4) is 0 Å². The largest absolute Gasteiger partial charge is 0.444 e. The number of ether oxygens (including phenoxy) is 2. The van der Waals surface area contributed by atoms with Gasteiger partial charge in [-0.25, -0.2) is 13.6 Å². The number of nitrogens with one attached hydrogen (secondary N) is 3. The third-order valence-corrected chi connectivity index (χ3v) is 5.18. The van der Waals surface area contributed by atoms with E-state index in [4.69, 9.17) is 9.47 Å². The van der Waals surface area contributed by atoms with Crippen LogP contribution < -0.4 is 10.6 Å². The molecule has 2 amide bonds. The van der Waals surface area contributed by atoms with Crippen LogP contribution >= 0.6 is 0 Å². The van der Waals surface area contributed by atoms with Gasteiger partial charge in [0.05, 0.1) is 12.3 Å². The van der Waals surface area contributed by atoms with Crippen molar-refractivity contribution in [2.75, 3.05) is 11.9 Å². The molecule has 162 valence electrons. The molecular weight excluding hydrogens is 402 g/mol. The van der Waals surface area contributed by atoms with Gasteiger partial charge in [0.2, 0.25) is 0 Å². The lowest BCUT2D eigenvalue weighted by Gasteiger charge is -2.15. The highest BCUT2D eigenvalue weighted by Gasteiger charge is 2.40. The van der Waals surface area contributed by atoms with Gasteiger partial charge in [-0.05, 0) is 25.8 Å². The number of H-pyrrole nitrogens is 1. The van der Waals surface area contributed by atoms with Crippen molar-refractivity contribution in [1.29, 1.82) is 0 Å². The van der Waals surface area contributed by atoms with Crippen LogP contribution in [-0.4, -0.2) is 50.2 Å². The monoisotopic (exact) mass is 424 g/mol. The van der Waals surface area contributed by atoms with Crippen LogP contribution in [0, 0.1) is 0 Å². The number of amides is 2. The van der Waals surface area contributed by atoms with Gasteiger partial charge in [-0.2, -0.15) is 10.2 Å². The van der Waals surface area contributed by atoms with E-state index in [1.807, 2.05) is 6.92 Å². The molecule has 0 radical (unpaired) electrons. The van der Waals surface area contributed by atoms with Crippen LogP contribution in [0.3, 0.4) is 0 Å². The smallest absolute Gasteiger partial charge is 0.407 e.